The highest BCUT2D eigenvalue weighted by Gasteiger charge is 2.12. The Labute approximate surface area is 161 Å². The first-order chi connectivity index (χ1) is 13.0. The molecule has 0 aliphatic carbocycles. The summed E-state index contributed by atoms with van der Waals surface area (Å²) in [5.74, 6) is -0.612. The topological polar surface area (TPSA) is 86.1 Å². The SMILES string of the molecule is COC(=O)c1cnc(NC(=O)CCc2ccc(-n3nc(C)cc3C)cc2)s1. The van der Waals surface area contributed by atoms with Crippen LogP contribution in [0.1, 0.15) is 33.0 Å². The Morgan fingerprint density at radius 3 is 2.59 bits per heavy atom. The van der Waals surface area contributed by atoms with Crippen LogP contribution in [-0.2, 0) is 16.0 Å². The minimum Gasteiger partial charge on any atom is -0.465 e. The quantitative estimate of drug-likeness (QED) is 0.659. The molecule has 0 saturated carbocycles. The van der Waals surface area contributed by atoms with E-state index in [2.05, 4.69) is 20.1 Å². The number of hydrogen-bond donors (Lipinski definition) is 1. The first-order valence-corrected chi connectivity index (χ1v) is 9.24. The minimum absolute atomic E-state index is 0.150. The number of aromatic nitrogens is 3. The molecule has 2 heterocycles. The standard InChI is InChI=1S/C19H20N4O3S/c1-12-10-13(2)23(22-12)15-7-4-14(5-8-15)6-9-17(24)21-19-20-11-16(27-19)18(25)26-3/h4-5,7-8,10-11H,6,9H2,1-3H3,(H,20,21,24). The van der Waals surface area contributed by atoms with Gasteiger partial charge in [0.1, 0.15) is 4.88 Å². The van der Waals surface area contributed by atoms with Gasteiger partial charge in [0.15, 0.2) is 5.13 Å². The fourth-order valence-electron chi connectivity index (χ4n) is 2.66. The predicted octanol–water partition coefficient (Wildman–Crippen LogP) is 3.30. The Hall–Kier alpha value is -3.00. The maximum Gasteiger partial charge on any atom is 0.349 e. The number of hydrogen-bond acceptors (Lipinski definition) is 6. The molecule has 27 heavy (non-hydrogen) atoms. The Morgan fingerprint density at radius 2 is 1.96 bits per heavy atom. The third-order valence-corrected chi connectivity index (χ3v) is 4.86. The molecule has 0 radical (unpaired) electrons. The van der Waals surface area contributed by atoms with Crippen molar-refractivity contribution in [1.29, 1.82) is 0 Å². The van der Waals surface area contributed by atoms with Crippen LogP contribution in [0, 0.1) is 13.8 Å². The number of anilines is 1. The Bertz CT molecular complexity index is 960. The zero-order valence-electron chi connectivity index (χ0n) is 15.4. The summed E-state index contributed by atoms with van der Waals surface area (Å²) in [6.07, 6.45) is 2.33. The molecule has 1 aromatic carbocycles. The summed E-state index contributed by atoms with van der Waals surface area (Å²) in [7, 11) is 1.31. The summed E-state index contributed by atoms with van der Waals surface area (Å²) in [5.41, 5.74) is 4.11. The van der Waals surface area contributed by atoms with Gasteiger partial charge in [-0.2, -0.15) is 5.10 Å². The van der Waals surface area contributed by atoms with Gasteiger partial charge in [0.25, 0.3) is 0 Å². The van der Waals surface area contributed by atoms with Crippen molar-refractivity contribution in [2.24, 2.45) is 0 Å². The van der Waals surface area contributed by atoms with Crippen LogP contribution in [0.5, 0.6) is 0 Å². The average molecular weight is 384 g/mol. The third kappa shape index (κ3) is 4.59. The summed E-state index contributed by atoms with van der Waals surface area (Å²) in [6.45, 7) is 3.98. The lowest BCUT2D eigenvalue weighted by molar-refractivity contribution is -0.116. The monoisotopic (exact) mass is 384 g/mol. The fraction of sp³-hybridized carbons (Fsp3) is 0.263. The van der Waals surface area contributed by atoms with E-state index in [1.54, 1.807) is 0 Å². The number of ether oxygens (including phenoxy) is 1. The van der Waals surface area contributed by atoms with Crippen LogP contribution in [0.2, 0.25) is 0 Å². The molecule has 0 spiro atoms. The molecule has 0 saturated heterocycles. The second-order valence-corrected chi connectivity index (χ2v) is 7.11. The average Bonchev–Trinajstić information content (AvgIpc) is 3.25. The van der Waals surface area contributed by atoms with Crippen molar-refractivity contribution >= 4 is 28.3 Å². The van der Waals surface area contributed by atoms with Crippen LogP contribution in [-0.4, -0.2) is 33.8 Å². The number of amides is 1. The molecule has 1 N–H and O–H groups in total. The zero-order valence-corrected chi connectivity index (χ0v) is 16.2. The van der Waals surface area contributed by atoms with E-state index in [1.807, 2.05) is 48.9 Å². The predicted molar refractivity (Wildman–Crippen MR) is 103 cm³/mol. The Balaban J connectivity index is 1.55. The highest BCUT2D eigenvalue weighted by molar-refractivity contribution is 7.17. The number of esters is 1. The van der Waals surface area contributed by atoms with Crippen molar-refractivity contribution in [3.8, 4) is 5.69 Å². The molecule has 3 aromatic rings. The largest absolute Gasteiger partial charge is 0.465 e. The summed E-state index contributed by atoms with van der Waals surface area (Å²) in [5, 5.41) is 7.56. The van der Waals surface area contributed by atoms with E-state index in [0.29, 0.717) is 22.9 Å². The van der Waals surface area contributed by atoms with Crippen LogP contribution in [0.4, 0.5) is 5.13 Å². The van der Waals surface area contributed by atoms with Crippen LogP contribution in [0.25, 0.3) is 5.69 Å². The molecule has 8 heteroatoms. The lowest BCUT2D eigenvalue weighted by Crippen LogP contribution is -2.12. The lowest BCUT2D eigenvalue weighted by atomic mass is 10.1. The molecule has 3 rings (SSSR count). The number of methoxy groups -OCH3 is 1. The number of nitrogens with one attached hydrogen (secondary N) is 1. The zero-order chi connectivity index (χ0) is 19.4. The van der Waals surface area contributed by atoms with Gasteiger partial charge in [-0.15, -0.1) is 0 Å². The van der Waals surface area contributed by atoms with Gasteiger partial charge >= 0.3 is 5.97 Å². The molecular formula is C19H20N4O3S. The van der Waals surface area contributed by atoms with E-state index in [9.17, 15) is 9.59 Å². The van der Waals surface area contributed by atoms with Crippen LogP contribution in [0.15, 0.2) is 36.5 Å². The maximum atomic E-state index is 12.1. The molecule has 0 aliphatic heterocycles. The van der Waals surface area contributed by atoms with Gasteiger partial charge < -0.3 is 10.1 Å². The first kappa shape index (κ1) is 18.8. The third-order valence-electron chi connectivity index (χ3n) is 3.97. The molecule has 1 amide bonds. The first-order valence-electron chi connectivity index (χ1n) is 8.43. The van der Waals surface area contributed by atoms with Crippen molar-refractivity contribution in [2.75, 3.05) is 12.4 Å². The number of carbonyl (C=O) groups excluding carboxylic acids is 2. The van der Waals surface area contributed by atoms with Gasteiger partial charge in [-0.25, -0.2) is 14.5 Å². The second-order valence-electron chi connectivity index (χ2n) is 6.07. The molecule has 0 unspecified atom stereocenters. The van der Waals surface area contributed by atoms with Crippen molar-refractivity contribution in [2.45, 2.75) is 26.7 Å². The number of benzene rings is 1. The normalized spacial score (nSPS) is 10.6. The Kier molecular flexibility index (Phi) is 5.66. The van der Waals surface area contributed by atoms with E-state index in [4.69, 9.17) is 0 Å². The van der Waals surface area contributed by atoms with Gasteiger partial charge in [0.2, 0.25) is 5.91 Å². The molecule has 140 valence electrons. The smallest absolute Gasteiger partial charge is 0.349 e. The fourth-order valence-corrected chi connectivity index (χ4v) is 3.41. The maximum absolute atomic E-state index is 12.1. The molecule has 0 fully saturated rings. The van der Waals surface area contributed by atoms with Crippen molar-refractivity contribution in [3.63, 3.8) is 0 Å². The van der Waals surface area contributed by atoms with Crippen LogP contribution < -0.4 is 5.32 Å². The van der Waals surface area contributed by atoms with Gasteiger partial charge in [0, 0.05) is 12.1 Å². The van der Waals surface area contributed by atoms with E-state index >= 15 is 0 Å². The molecule has 2 aromatic heterocycles. The summed E-state index contributed by atoms with van der Waals surface area (Å²) in [4.78, 5) is 27.9. The number of carbonyl (C=O) groups is 2. The molecule has 0 bridgehead atoms. The number of thiazole rings is 1. The van der Waals surface area contributed by atoms with Crippen molar-refractivity contribution in [3.05, 3.63) is 58.4 Å². The van der Waals surface area contributed by atoms with Crippen LogP contribution in [0.3, 0.4) is 0 Å². The van der Waals surface area contributed by atoms with E-state index in [1.165, 1.54) is 13.3 Å². The lowest BCUT2D eigenvalue weighted by Gasteiger charge is -2.06. The summed E-state index contributed by atoms with van der Waals surface area (Å²) >= 11 is 1.09. The van der Waals surface area contributed by atoms with Gasteiger partial charge in [-0.05, 0) is 44.0 Å². The molecule has 7 nitrogen and oxygen atoms in total. The van der Waals surface area contributed by atoms with E-state index < -0.39 is 5.97 Å². The number of nitrogens with zero attached hydrogens (tertiary/aromatic N) is 3. The molecular weight excluding hydrogens is 364 g/mol. The van der Waals surface area contributed by atoms with Gasteiger partial charge in [-0.3, -0.25) is 4.79 Å². The number of rotatable bonds is 6. The minimum atomic E-state index is -0.462. The molecule has 0 aliphatic rings. The summed E-state index contributed by atoms with van der Waals surface area (Å²) in [6, 6.07) is 10.0. The molecule has 0 atom stereocenters. The summed E-state index contributed by atoms with van der Waals surface area (Å²) < 4.78 is 6.52. The second kappa shape index (κ2) is 8.13. The van der Waals surface area contributed by atoms with Crippen molar-refractivity contribution in [1.82, 2.24) is 14.8 Å². The van der Waals surface area contributed by atoms with E-state index in [0.717, 1.165) is 34.0 Å². The van der Waals surface area contributed by atoms with Crippen LogP contribution >= 0.6 is 11.3 Å². The highest BCUT2D eigenvalue weighted by atomic mass is 32.1. The Morgan fingerprint density at radius 1 is 1.22 bits per heavy atom. The van der Waals surface area contributed by atoms with Crippen molar-refractivity contribution < 1.29 is 14.3 Å². The number of aryl methyl sites for hydroxylation is 3. The van der Waals surface area contributed by atoms with Gasteiger partial charge in [0.05, 0.1) is 24.7 Å². The van der Waals surface area contributed by atoms with Gasteiger partial charge in [-0.1, -0.05) is 23.5 Å². The van der Waals surface area contributed by atoms with E-state index in [-0.39, 0.29) is 5.91 Å². The highest BCUT2D eigenvalue weighted by Crippen LogP contribution is 2.19.